The van der Waals surface area contributed by atoms with Gasteiger partial charge in [-0.2, -0.15) is 0 Å². The summed E-state index contributed by atoms with van der Waals surface area (Å²) in [6.07, 6.45) is 1.92. The van der Waals surface area contributed by atoms with E-state index in [1.165, 1.54) is 6.92 Å². The molecule has 6 nitrogen and oxygen atoms in total. The summed E-state index contributed by atoms with van der Waals surface area (Å²) in [4.78, 5) is 37.0. The molecule has 2 saturated carbocycles. The highest BCUT2D eigenvalue weighted by atomic mass is 16.5. The molecule has 2 fully saturated rings. The Balaban J connectivity index is 2.22. The SMILES string of the molecule is CC(=O)C1=C(C(=O)O)OC2C(O)C3CCCCC3C(C)(C1=O)C2C. The van der Waals surface area contributed by atoms with Gasteiger partial charge in [0, 0.05) is 11.3 Å². The molecule has 2 aliphatic carbocycles. The van der Waals surface area contributed by atoms with Crippen molar-refractivity contribution < 1.29 is 29.3 Å². The second-order valence-electron chi connectivity index (χ2n) is 7.59. The predicted molar refractivity (Wildman–Crippen MR) is 83.9 cm³/mol. The monoisotopic (exact) mass is 336 g/mol. The first kappa shape index (κ1) is 17.1. The van der Waals surface area contributed by atoms with Crippen molar-refractivity contribution in [2.24, 2.45) is 23.2 Å². The number of rotatable bonds is 2. The largest absolute Gasteiger partial charge is 0.480 e. The third kappa shape index (κ3) is 2.15. The Morgan fingerprint density at radius 1 is 1.25 bits per heavy atom. The summed E-state index contributed by atoms with van der Waals surface area (Å²) in [6, 6.07) is 0. The zero-order valence-corrected chi connectivity index (χ0v) is 14.2. The fourth-order valence-corrected chi connectivity index (χ4v) is 5.12. The van der Waals surface area contributed by atoms with Crippen LogP contribution in [0.5, 0.6) is 0 Å². The molecule has 132 valence electrons. The first-order valence-corrected chi connectivity index (χ1v) is 8.59. The van der Waals surface area contributed by atoms with E-state index < -0.39 is 40.9 Å². The van der Waals surface area contributed by atoms with Gasteiger partial charge in [0.15, 0.2) is 11.6 Å². The molecule has 24 heavy (non-hydrogen) atoms. The van der Waals surface area contributed by atoms with Crippen LogP contribution >= 0.6 is 0 Å². The van der Waals surface area contributed by atoms with Crippen molar-refractivity contribution in [1.82, 2.24) is 0 Å². The molecule has 0 spiro atoms. The van der Waals surface area contributed by atoms with Crippen LogP contribution in [0, 0.1) is 23.2 Å². The van der Waals surface area contributed by atoms with Crippen molar-refractivity contribution in [1.29, 1.82) is 0 Å². The Kier molecular flexibility index (Phi) is 4.06. The molecule has 2 bridgehead atoms. The molecule has 0 aromatic carbocycles. The van der Waals surface area contributed by atoms with E-state index in [0.717, 1.165) is 25.7 Å². The molecule has 3 aliphatic rings. The Hall–Kier alpha value is -1.69. The van der Waals surface area contributed by atoms with Gasteiger partial charge in [0.05, 0.1) is 6.10 Å². The number of ketones is 2. The number of aliphatic hydroxyl groups is 1. The van der Waals surface area contributed by atoms with Crippen LogP contribution < -0.4 is 0 Å². The van der Waals surface area contributed by atoms with E-state index >= 15 is 0 Å². The molecule has 6 unspecified atom stereocenters. The lowest BCUT2D eigenvalue weighted by Crippen LogP contribution is -2.60. The van der Waals surface area contributed by atoms with Crippen LogP contribution in [0.25, 0.3) is 0 Å². The molecule has 0 aromatic heterocycles. The minimum absolute atomic E-state index is 0.0638. The minimum atomic E-state index is -1.44. The van der Waals surface area contributed by atoms with Gasteiger partial charge < -0.3 is 14.9 Å². The number of hydrogen-bond acceptors (Lipinski definition) is 5. The molecule has 0 amide bonds. The van der Waals surface area contributed by atoms with Gasteiger partial charge in [-0.05, 0) is 31.6 Å². The number of ether oxygens (including phenoxy) is 1. The number of Topliss-reactive ketones (excluding diaryl/α,β-unsaturated/α-hetero) is 2. The number of carbonyl (C=O) groups excluding carboxylic acids is 2. The smallest absolute Gasteiger partial charge is 0.372 e. The van der Waals surface area contributed by atoms with Crippen molar-refractivity contribution in [2.45, 2.75) is 58.7 Å². The minimum Gasteiger partial charge on any atom is -0.480 e. The number of fused-ring (bicyclic) bond motifs is 4. The van der Waals surface area contributed by atoms with E-state index in [-0.39, 0.29) is 23.3 Å². The molecule has 2 N–H and O–H groups in total. The molecular weight excluding hydrogens is 312 g/mol. The van der Waals surface area contributed by atoms with Gasteiger partial charge in [0.25, 0.3) is 0 Å². The predicted octanol–water partition coefficient (Wildman–Crippen LogP) is 1.71. The molecule has 1 heterocycles. The summed E-state index contributed by atoms with van der Waals surface area (Å²) in [5.41, 5.74) is -1.26. The fraction of sp³-hybridized carbons (Fsp3) is 0.722. The molecule has 6 heteroatoms. The van der Waals surface area contributed by atoms with Crippen molar-refractivity contribution in [3.8, 4) is 0 Å². The highest BCUT2D eigenvalue weighted by molar-refractivity contribution is 6.24. The normalized spacial score (nSPS) is 42.0. The molecule has 3 rings (SSSR count). The van der Waals surface area contributed by atoms with Crippen molar-refractivity contribution in [3.63, 3.8) is 0 Å². The number of hydrogen-bond donors (Lipinski definition) is 2. The van der Waals surface area contributed by atoms with Gasteiger partial charge >= 0.3 is 5.97 Å². The number of carboxylic acids is 1. The van der Waals surface area contributed by atoms with Gasteiger partial charge in [-0.3, -0.25) is 9.59 Å². The first-order chi connectivity index (χ1) is 11.2. The lowest BCUT2D eigenvalue weighted by molar-refractivity contribution is -0.177. The summed E-state index contributed by atoms with van der Waals surface area (Å²) in [7, 11) is 0. The van der Waals surface area contributed by atoms with E-state index in [9.17, 15) is 24.6 Å². The van der Waals surface area contributed by atoms with Crippen LogP contribution in [0.3, 0.4) is 0 Å². The summed E-state index contributed by atoms with van der Waals surface area (Å²) in [5, 5.41) is 20.3. The third-order valence-electron chi connectivity index (χ3n) is 6.55. The summed E-state index contributed by atoms with van der Waals surface area (Å²) in [6.45, 7) is 4.83. The summed E-state index contributed by atoms with van der Waals surface area (Å²) >= 11 is 0. The van der Waals surface area contributed by atoms with Crippen molar-refractivity contribution in [3.05, 3.63) is 11.3 Å². The average molecular weight is 336 g/mol. The Bertz CT molecular complexity index is 635. The summed E-state index contributed by atoms with van der Waals surface area (Å²) < 4.78 is 5.62. The van der Waals surface area contributed by atoms with Gasteiger partial charge in [-0.25, -0.2) is 4.79 Å². The van der Waals surface area contributed by atoms with E-state index in [0.29, 0.717) is 0 Å². The first-order valence-electron chi connectivity index (χ1n) is 8.59. The molecule has 0 aromatic rings. The molecule has 0 saturated heterocycles. The van der Waals surface area contributed by atoms with Crippen LogP contribution in [0.1, 0.15) is 46.5 Å². The second-order valence-corrected chi connectivity index (χ2v) is 7.59. The van der Waals surface area contributed by atoms with E-state index in [4.69, 9.17) is 4.74 Å². The number of aliphatic hydroxyl groups excluding tert-OH is 1. The number of allylic oxidation sites excluding steroid dienone is 1. The van der Waals surface area contributed by atoms with E-state index in [1.807, 2.05) is 13.8 Å². The third-order valence-corrected chi connectivity index (χ3v) is 6.55. The topological polar surface area (TPSA) is 101 Å². The van der Waals surface area contributed by atoms with Gasteiger partial charge in [-0.15, -0.1) is 0 Å². The standard InChI is InChI=1S/C18H24O6/c1-8-14-13(20)10-6-4-5-7-11(10)18(8,3)16(21)12(9(2)19)15(24-14)17(22)23/h8,10-11,13-14,20H,4-7H2,1-3H3,(H,22,23). The van der Waals surface area contributed by atoms with E-state index in [2.05, 4.69) is 0 Å². The average Bonchev–Trinajstić information content (AvgIpc) is 2.60. The van der Waals surface area contributed by atoms with Crippen LogP contribution in [-0.4, -0.2) is 40.0 Å². The number of aliphatic carboxylic acids is 1. The van der Waals surface area contributed by atoms with Crippen molar-refractivity contribution in [2.75, 3.05) is 0 Å². The highest BCUT2D eigenvalue weighted by Gasteiger charge is 2.62. The number of carboxylic acid groups (broad SMARTS) is 1. The quantitative estimate of drug-likeness (QED) is 0.745. The zero-order valence-electron chi connectivity index (χ0n) is 14.2. The molecular formula is C18H24O6. The zero-order chi connectivity index (χ0) is 17.8. The van der Waals surface area contributed by atoms with Crippen LogP contribution in [-0.2, 0) is 19.1 Å². The molecule has 6 atom stereocenters. The maximum Gasteiger partial charge on any atom is 0.372 e. The second kappa shape index (κ2) is 5.69. The molecule has 0 radical (unpaired) electrons. The van der Waals surface area contributed by atoms with Gasteiger partial charge in [0.2, 0.25) is 5.76 Å². The van der Waals surface area contributed by atoms with Crippen molar-refractivity contribution >= 4 is 17.5 Å². The van der Waals surface area contributed by atoms with Gasteiger partial charge in [0.1, 0.15) is 11.7 Å². The highest BCUT2D eigenvalue weighted by Crippen LogP contribution is 2.57. The Morgan fingerprint density at radius 2 is 1.88 bits per heavy atom. The van der Waals surface area contributed by atoms with Gasteiger partial charge in [-0.1, -0.05) is 26.7 Å². The van der Waals surface area contributed by atoms with Crippen LogP contribution in [0.4, 0.5) is 0 Å². The lowest BCUT2D eigenvalue weighted by atomic mass is 9.50. The van der Waals surface area contributed by atoms with Crippen LogP contribution in [0.15, 0.2) is 11.3 Å². The van der Waals surface area contributed by atoms with E-state index in [1.54, 1.807) is 0 Å². The van der Waals surface area contributed by atoms with Crippen LogP contribution in [0.2, 0.25) is 0 Å². The fourth-order valence-electron chi connectivity index (χ4n) is 5.12. The Labute approximate surface area is 140 Å². The maximum atomic E-state index is 13.3. The maximum absolute atomic E-state index is 13.3. The Morgan fingerprint density at radius 3 is 2.46 bits per heavy atom. The molecule has 1 aliphatic heterocycles. The summed E-state index contributed by atoms with van der Waals surface area (Å²) in [5.74, 6) is -3.61. The lowest BCUT2D eigenvalue weighted by Gasteiger charge is -2.54. The number of carbonyl (C=O) groups is 3.